The molecule has 0 heterocycles. The lowest BCUT2D eigenvalue weighted by molar-refractivity contribution is 0.351. The second-order valence-corrected chi connectivity index (χ2v) is 7.64. The molecule has 1 atom stereocenters. The summed E-state index contributed by atoms with van der Waals surface area (Å²) in [7, 11) is -2.77. The summed E-state index contributed by atoms with van der Waals surface area (Å²) in [5.41, 5.74) is 0. The average Bonchev–Trinajstić information content (AvgIpc) is 2.63. The van der Waals surface area contributed by atoms with Crippen molar-refractivity contribution in [3.63, 3.8) is 0 Å². The summed E-state index contributed by atoms with van der Waals surface area (Å²) in [6.07, 6.45) is 8.62. The molecule has 0 aromatic carbocycles. The van der Waals surface area contributed by atoms with Gasteiger partial charge in [0.2, 0.25) is 0 Å². The highest BCUT2D eigenvalue weighted by atomic mass is 79.9. The molecule has 0 radical (unpaired) electrons. The Morgan fingerprint density at radius 1 is 1.33 bits per heavy atom. The molecule has 0 amide bonds. The highest BCUT2D eigenvalue weighted by molar-refractivity contribution is 9.09. The van der Waals surface area contributed by atoms with Crippen LogP contribution in [0.2, 0.25) is 0 Å². The Morgan fingerprint density at radius 2 is 1.93 bits per heavy atom. The van der Waals surface area contributed by atoms with Gasteiger partial charge in [-0.25, -0.2) is 8.42 Å². The first-order valence-electron chi connectivity index (χ1n) is 5.76. The van der Waals surface area contributed by atoms with Crippen LogP contribution in [0.3, 0.4) is 0 Å². The van der Waals surface area contributed by atoms with E-state index in [1.54, 1.807) is 0 Å². The first kappa shape index (κ1) is 13.5. The van der Waals surface area contributed by atoms with Crippen molar-refractivity contribution in [2.45, 2.75) is 38.5 Å². The summed E-state index contributed by atoms with van der Waals surface area (Å²) in [5, 5.41) is 1.03. The lowest BCUT2D eigenvalue weighted by Gasteiger charge is -2.20. The van der Waals surface area contributed by atoms with E-state index in [1.807, 2.05) is 0 Å². The second-order valence-electron chi connectivity index (χ2n) is 4.73. The summed E-state index contributed by atoms with van der Waals surface area (Å²) in [5.74, 6) is 1.88. The molecule has 0 N–H and O–H groups in total. The topological polar surface area (TPSA) is 34.1 Å². The van der Waals surface area contributed by atoms with Crippen LogP contribution in [0.5, 0.6) is 0 Å². The molecule has 0 aliphatic heterocycles. The van der Waals surface area contributed by atoms with E-state index in [4.69, 9.17) is 0 Å². The van der Waals surface area contributed by atoms with Crippen molar-refractivity contribution >= 4 is 25.8 Å². The largest absolute Gasteiger partial charge is 0.229 e. The summed E-state index contributed by atoms with van der Waals surface area (Å²) in [6.45, 7) is 0. The minimum Gasteiger partial charge on any atom is -0.229 e. The zero-order valence-corrected chi connectivity index (χ0v) is 11.8. The molecule has 0 aromatic heterocycles. The number of alkyl halides is 1. The number of halogens is 1. The number of sulfone groups is 1. The van der Waals surface area contributed by atoms with Gasteiger partial charge in [-0.15, -0.1) is 0 Å². The smallest absolute Gasteiger partial charge is 0.147 e. The molecule has 15 heavy (non-hydrogen) atoms. The van der Waals surface area contributed by atoms with Gasteiger partial charge in [0.05, 0.1) is 0 Å². The van der Waals surface area contributed by atoms with E-state index < -0.39 is 9.84 Å². The van der Waals surface area contributed by atoms with Crippen molar-refractivity contribution in [1.29, 1.82) is 0 Å². The van der Waals surface area contributed by atoms with Crippen molar-refractivity contribution in [1.82, 2.24) is 0 Å². The Morgan fingerprint density at radius 3 is 2.40 bits per heavy atom. The van der Waals surface area contributed by atoms with E-state index in [2.05, 4.69) is 15.9 Å². The molecule has 1 aliphatic rings. The van der Waals surface area contributed by atoms with E-state index in [-0.39, 0.29) is 0 Å². The first-order chi connectivity index (χ1) is 7.03. The van der Waals surface area contributed by atoms with Crippen LogP contribution in [-0.4, -0.2) is 25.8 Å². The Balaban J connectivity index is 2.27. The fraction of sp³-hybridized carbons (Fsp3) is 1.00. The Labute approximate surface area is 102 Å². The lowest BCUT2D eigenvalue weighted by Crippen LogP contribution is -2.15. The van der Waals surface area contributed by atoms with Gasteiger partial charge in [-0.3, -0.25) is 0 Å². The number of rotatable bonds is 6. The first-order valence-corrected chi connectivity index (χ1v) is 8.95. The molecule has 1 aliphatic carbocycles. The average molecular weight is 297 g/mol. The monoisotopic (exact) mass is 296 g/mol. The lowest BCUT2D eigenvalue weighted by atomic mass is 9.89. The zero-order valence-electron chi connectivity index (χ0n) is 9.41. The van der Waals surface area contributed by atoms with Gasteiger partial charge in [-0.05, 0) is 24.7 Å². The van der Waals surface area contributed by atoms with Crippen LogP contribution in [0.1, 0.15) is 38.5 Å². The Kier molecular flexibility index (Phi) is 5.61. The quantitative estimate of drug-likeness (QED) is 0.706. The third-order valence-corrected chi connectivity index (χ3v) is 5.22. The van der Waals surface area contributed by atoms with Crippen LogP contribution in [0.4, 0.5) is 0 Å². The van der Waals surface area contributed by atoms with Crippen molar-refractivity contribution in [3.8, 4) is 0 Å². The van der Waals surface area contributed by atoms with Crippen LogP contribution < -0.4 is 0 Å². The highest BCUT2D eigenvalue weighted by Gasteiger charge is 2.23. The molecule has 0 saturated heterocycles. The zero-order chi connectivity index (χ0) is 11.3. The van der Waals surface area contributed by atoms with E-state index in [1.165, 1.54) is 31.9 Å². The van der Waals surface area contributed by atoms with Gasteiger partial charge < -0.3 is 0 Å². The van der Waals surface area contributed by atoms with Crippen molar-refractivity contribution in [3.05, 3.63) is 0 Å². The molecule has 0 spiro atoms. The SMILES string of the molecule is CS(=O)(=O)CCCC(CBr)C1CCCC1. The van der Waals surface area contributed by atoms with E-state index in [9.17, 15) is 8.42 Å². The normalized spacial score (nSPS) is 20.7. The summed E-state index contributed by atoms with van der Waals surface area (Å²) >= 11 is 3.56. The number of hydrogen-bond donors (Lipinski definition) is 0. The Bertz CT molecular complexity index is 268. The van der Waals surface area contributed by atoms with Crippen LogP contribution >= 0.6 is 15.9 Å². The molecule has 1 unspecified atom stereocenters. The van der Waals surface area contributed by atoms with E-state index in [0.717, 1.165) is 24.1 Å². The summed E-state index contributed by atoms with van der Waals surface area (Å²) < 4.78 is 22.0. The van der Waals surface area contributed by atoms with Crippen molar-refractivity contribution in [2.24, 2.45) is 11.8 Å². The van der Waals surface area contributed by atoms with Crippen LogP contribution in [0.25, 0.3) is 0 Å². The minimum absolute atomic E-state index is 0.350. The summed E-state index contributed by atoms with van der Waals surface area (Å²) in [4.78, 5) is 0. The molecule has 0 aromatic rings. The Hall–Kier alpha value is 0.430. The third kappa shape index (κ3) is 5.34. The minimum atomic E-state index is -2.77. The van der Waals surface area contributed by atoms with Gasteiger partial charge in [0.15, 0.2) is 0 Å². The number of hydrogen-bond acceptors (Lipinski definition) is 2. The van der Waals surface area contributed by atoms with E-state index in [0.29, 0.717) is 11.7 Å². The van der Waals surface area contributed by atoms with Crippen LogP contribution in [0.15, 0.2) is 0 Å². The van der Waals surface area contributed by atoms with Gasteiger partial charge in [0.25, 0.3) is 0 Å². The summed E-state index contributed by atoms with van der Waals surface area (Å²) in [6, 6.07) is 0. The van der Waals surface area contributed by atoms with Crippen LogP contribution in [0, 0.1) is 11.8 Å². The van der Waals surface area contributed by atoms with Gasteiger partial charge >= 0.3 is 0 Å². The molecule has 1 rings (SSSR count). The molecule has 1 saturated carbocycles. The van der Waals surface area contributed by atoms with Crippen molar-refractivity contribution in [2.75, 3.05) is 17.3 Å². The van der Waals surface area contributed by atoms with Gasteiger partial charge in [-0.2, -0.15) is 0 Å². The molecule has 4 heteroatoms. The fourth-order valence-electron chi connectivity index (χ4n) is 2.48. The van der Waals surface area contributed by atoms with Gasteiger partial charge in [0, 0.05) is 17.3 Å². The maximum absolute atomic E-state index is 11.0. The third-order valence-electron chi connectivity index (χ3n) is 3.35. The molecular formula is C11H21BrO2S. The maximum atomic E-state index is 11.0. The predicted octanol–water partition coefficient (Wildman–Crippen LogP) is 3.01. The molecule has 1 fully saturated rings. The molecule has 0 bridgehead atoms. The van der Waals surface area contributed by atoms with Gasteiger partial charge in [0.1, 0.15) is 9.84 Å². The highest BCUT2D eigenvalue weighted by Crippen LogP contribution is 2.34. The van der Waals surface area contributed by atoms with Crippen LogP contribution in [-0.2, 0) is 9.84 Å². The maximum Gasteiger partial charge on any atom is 0.147 e. The molecule has 2 nitrogen and oxygen atoms in total. The van der Waals surface area contributed by atoms with E-state index >= 15 is 0 Å². The van der Waals surface area contributed by atoms with Gasteiger partial charge in [-0.1, -0.05) is 41.6 Å². The fourth-order valence-corrected chi connectivity index (χ4v) is 4.02. The van der Waals surface area contributed by atoms with Crippen molar-refractivity contribution < 1.29 is 8.42 Å². The predicted molar refractivity (Wildman–Crippen MR) is 68.2 cm³/mol. The second kappa shape index (κ2) is 6.24. The standard InChI is InChI=1S/C11H21BrO2S/c1-15(13,14)8-4-7-11(9-12)10-5-2-3-6-10/h10-11H,2-9H2,1H3. The molecule has 90 valence electrons. The molecular weight excluding hydrogens is 276 g/mol.